The van der Waals surface area contributed by atoms with E-state index in [-0.39, 0.29) is 29.6 Å². The van der Waals surface area contributed by atoms with Crippen LogP contribution in [0.5, 0.6) is 5.75 Å². The van der Waals surface area contributed by atoms with Crippen LogP contribution in [0, 0.1) is 26.8 Å². The van der Waals surface area contributed by atoms with E-state index in [2.05, 4.69) is 114 Å². The predicted octanol–water partition coefficient (Wildman–Crippen LogP) is 20.4. The second-order valence-electron chi connectivity index (χ2n) is 22.4. The van der Waals surface area contributed by atoms with Gasteiger partial charge in [-0.1, -0.05) is 55.0 Å². The highest BCUT2D eigenvalue weighted by atomic mass is 32.1. The Bertz CT molecular complexity index is 4130. The van der Waals surface area contributed by atoms with Crippen LogP contribution in [0.2, 0.25) is 0 Å². The Labute approximate surface area is 568 Å². The van der Waals surface area contributed by atoms with Gasteiger partial charge in [0.15, 0.2) is 0 Å². The number of benzene rings is 7. The molecular formula is C75H76N10O9S2. The summed E-state index contributed by atoms with van der Waals surface area (Å²) in [7, 11) is 8.09. The molecule has 7 aromatic carbocycles. The maximum Gasteiger partial charge on any atom is 0.336 e. The number of nitro groups is 2. The van der Waals surface area contributed by atoms with Gasteiger partial charge in [0.1, 0.15) is 5.75 Å². The van der Waals surface area contributed by atoms with Crippen LogP contribution in [-0.4, -0.2) is 82.9 Å². The smallest absolute Gasteiger partial charge is 0.336 e. The lowest BCUT2D eigenvalue weighted by molar-refractivity contribution is -0.385. The van der Waals surface area contributed by atoms with E-state index in [1.807, 2.05) is 101 Å². The van der Waals surface area contributed by atoms with Crippen molar-refractivity contribution in [2.75, 3.05) is 75.8 Å². The SMILES string of the molecule is CN(C)c1ccc(-c2ccc(-c3ccc(/C=C/C(=O)OCCCCCCOc4ccc(N=Nc5ccc([N+](=O)[O-])cc5)cc4)s3)s2)cc1.[C-]#[N+]/C(=C\c1ccc(-c2ccc(N(C)C)cc2)cc1)C(=O)OCCCCCCN(CC)c1ccc(N=Nc2ccc([N+](=O)[O-])cc2)cc1. The maximum atomic E-state index is 12.5. The number of thiophene rings is 2. The first kappa shape index (κ1) is 70.9. The van der Waals surface area contributed by atoms with E-state index in [1.54, 1.807) is 65.1 Å². The minimum atomic E-state index is -0.596. The van der Waals surface area contributed by atoms with E-state index in [0.29, 0.717) is 36.0 Å². The zero-order chi connectivity index (χ0) is 68.0. The molecule has 0 spiro atoms. The van der Waals surface area contributed by atoms with Crippen molar-refractivity contribution in [3.8, 4) is 37.1 Å². The van der Waals surface area contributed by atoms with Crippen LogP contribution in [0.3, 0.4) is 0 Å². The third-order valence-corrected chi connectivity index (χ3v) is 17.4. The van der Waals surface area contributed by atoms with Crippen LogP contribution in [0.1, 0.15) is 68.7 Å². The lowest BCUT2D eigenvalue weighted by Crippen LogP contribution is -2.23. The first-order valence-corrected chi connectivity index (χ1v) is 33.1. The number of nitrogens with zero attached hydrogens (tertiary/aromatic N) is 10. The molecule has 9 aromatic rings. The lowest BCUT2D eigenvalue weighted by atomic mass is 10.0. The van der Waals surface area contributed by atoms with Crippen molar-refractivity contribution >= 4 is 98.0 Å². The van der Waals surface area contributed by atoms with Crippen LogP contribution < -0.4 is 19.4 Å². The molecule has 2 heterocycles. The van der Waals surface area contributed by atoms with Gasteiger partial charge in [-0.3, -0.25) is 25.0 Å². The summed E-state index contributed by atoms with van der Waals surface area (Å²) in [5.74, 6) is -0.182. The van der Waals surface area contributed by atoms with E-state index in [4.69, 9.17) is 20.8 Å². The summed E-state index contributed by atoms with van der Waals surface area (Å²) >= 11 is 3.42. The average molecular weight is 1330 g/mol. The number of azo groups is 2. The number of rotatable bonds is 32. The minimum Gasteiger partial charge on any atom is -0.494 e. The number of esters is 2. The lowest BCUT2D eigenvalue weighted by Gasteiger charge is -2.23. The summed E-state index contributed by atoms with van der Waals surface area (Å²) in [6.07, 6.45) is 12.1. The third-order valence-electron chi connectivity index (χ3n) is 15.0. The van der Waals surface area contributed by atoms with Crippen LogP contribution in [-0.2, 0) is 19.1 Å². The number of carbonyl (C=O) groups is 2. The largest absolute Gasteiger partial charge is 0.494 e. The number of carbonyl (C=O) groups excluding carboxylic acids is 2. The number of nitro benzene ring substituents is 2. The summed E-state index contributed by atoms with van der Waals surface area (Å²) in [5, 5.41) is 38.2. The third kappa shape index (κ3) is 22.7. The van der Waals surface area contributed by atoms with Gasteiger partial charge in [0.25, 0.3) is 17.1 Å². The number of hydrogen-bond acceptors (Lipinski definition) is 18. The van der Waals surface area contributed by atoms with E-state index < -0.39 is 15.8 Å². The van der Waals surface area contributed by atoms with Crippen molar-refractivity contribution in [2.45, 2.75) is 58.3 Å². The standard InChI is InChI=1S/C38H40N6O4.C37H36N4O5S2/c1-5-43(35-22-16-32(17-23-35)40-41-33-18-24-36(25-19-33)44(46)47)26-8-6-7-9-27-48-38(45)37(39-2)28-29-10-12-30(13-11-29)31-14-20-34(21-15-31)42(3)4;1-40(2)30-13-7-27(8-14-30)34-22-23-36(48-34)35-21-19-33(47-35)20-24-37(42)46-26-6-4-3-5-25-45-32-17-11-29(12-18-32)39-38-28-9-15-31(16-10-28)41(43)44/h10-25,28H,5-9,26-27H2,1,3-4H3;7-24H,3-6,25-26H2,1-2H3/b37-28-,41-40?;24-20+,39-38?. The summed E-state index contributed by atoms with van der Waals surface area (Å²) < 4.78 is 16.6. The molecule has 9 rings (SSSR count). The molecule has 21 heteroatoms. The second kappa shape index (κ2) is 37.1. The molecule has 0 N–H and O–H groups in total. The molecule has 0 aliphatic heterocycles. The van der Waals surface area contributed by atoms with Gasteiger partial charge in [-0.15, -0.1) is 22.7 Å². The Balaban J connectivity index is 0.000000246. The molecule has 2 aromatic heterocycles. The zero-order valence-electron chi connectivity index (χ0n) is 54.4. The second-order valence-corrected chi connectivity index (χ2v) is 24.6. The number of anilines is 3. The van der Waals surface area contributed by atoms with E-state index in [9.17, 15) is 29.8 Å². The minimum absolute atomic E-state index is 0.0124. The fraction of sp³-hybridized carbons (Fsp3) is 0.240. The molecule has 96 heavy (non-hydrogen) atoms. The van der Waals surface area contributed by atoms with Crippen molar-refractivity contribution in [3.63, 3.8) is 0 Å². The molecule has 0 fully saturated rings. The Morgan fingerprint density at radius 3 is 1.45 bits per heavy atom. The van der Waals surface area contributed by atoms with E-state index in [1.165, 1.54) is 56.2 Å². The molecule has 0 aliphatic rings. The van der Waals surface area contributed by atoms with Gasteiger partial charge < -0.3 is 28.9 Å². The van der Waals surface area contributed by atoms with Crippen molar-refractivity contribution in [3.05, 3.63) is 248 Å². The van der Waals surface area contributed by atoms with Gasteiger partial charge in [-0.25, -0.2) is 9.64 Å². The fourth-order valence-corrected chi connectivity index (χ4v) is 11.6. The number of unbranched alkanes of at least 4 members (excludes halogenated alkanes) is 6. The Hall–Kier alpha value is -11.0. The molecular weight excluding hydrogens is 1250 g/mol. The molecule has 0 aliphatic carbocycles. The summed E-state index contributed by atoms with van der Waals surface area (Å²) in [4.78, 5) is 59.9. The predicted molar refractivity (Wildman–Crippen MR) is 387 cm³/mol. The Kier molecular flexibility index (Phi) is 27.4. The molecule has 0 unspecified atom stereocenters. The zero-order valence-corrected chi connectivity index (χ0v) is 56.0. The number of hydrogen-bond donors (Lipinski definition) is 0. The topological polar surface area (TPSA) is 212 Å². The van der Waals surface area contributed by atoms with Gasteiger partial charge in [-0.05, 0) is 208 Å². The van der Waals surface area contributed by atoms with Crippen LogP contribution in [0.25, 0.3) is 48.3 Å². The van der Waals surface area contributed by atoms with Crippen LogP contribution in [0.4, 0.5) is 51.2 Å². The van der Waals surface area contributed by atoms with Crippen LogP contribution >= 0.6 is 22.7 Å². The number of non-ortho nitro benzene ring substituents is 2. The highest BCUT2D eigenvalue weighted by molar-refractivity contribution is 7.24. The molecule has 0 atom stereocenters. The van der Waals surface area contributed by atoms with E-state index >= 15 is 0 Å². The van der Waals surface area contributed by atoms with Crippen LogP contribution in [0.15, 0.2) is 226 Å². The van der Waals surface area contributed by atoms with Gasteiger partial charge in [0.2, 0.25) is 0 Å². The fourth-order valence-electron chi connectivity index (χ4n) is 9.58. The molecule has 492 valence electrons. The summed E-state index contributed by atoms with van der Waals surface area (Å²) in [5.41, 5.74) is 9.95. The number of ether oxygens (including phenoxy) is 3. The molecule has 0 amide bonds. The normalized spacial score (nSPS) is 11.3. The molecule has 0 saturated carbocycles. The summed E-state index contributed by atoms with van der Waals surface area (Å²) in [6, 6.07) is 60.0. The van der Waals surface area contributed by atoms with Crippen molar-refractivity contribution in [1.29, 1.82) is 0 Å². The molecule has 0 saturated heterocycles. The first-order chi connectivity index (χ1) is 46.6. The van der Waals surface area contributed by atoms with Gasteiger partial charge >= 0.3 is 11.9 Å². The quantitative estimate of drug-likeness (QED) is 0.00733. The van der Waals surface area contributed by atoms with Gasteiger partial charge in [0.05, 0.1) is 59.0 Å². The van der Waals surface area contributed by atoms with E-state index in [0.717, 1.165) is 103 Å². The summed E-state index contributed by atoms with van der Waals surface area (Å²) in [6.45, 7) is 12.6. The Morgan fingerprint density at radius 1 is 0.500 bits per heavy atom. The van der Waals surface area contributed by atoms with Crippen molar-refractivity contribution < 1.29 is 33.6 Å². The Morgan fingerprint density at radius 2 is 0.938 bits per heavy atom. The molecule has 0 radical (unpaired) electrons. The first-order valence-electron chi connectivity index (χ1n) is 31.5. The van der Waals surface area contributed by atoms with Gasteiger partial charge in [-0.2, -0.15) is 20.5 Å². The van der Waals surface area contributed by atoms with Crippen molar-refractivity contribution in [1.82, 2.24) is 0 Å². The highest BCUT2D eigenvalue weighted by Crippen LogP contribution is 2.39. The van der Waals surface area contributed by atoms with Crippen molar-refractivity contribution in [2.24, 2.45) is 20.5 Å². The molecule has 0 bridgehead atoms. The highest BCUT2D eigenvalue weighted by Gasteiger charge is 2.14. The average Bonchev–Trinajstić information content (AvgIpc) is 2.27. The van der Waals surface area contributed by atoms with Gasteiger partial charge in [0, 0.05) is 108 Å². The monoisotopic (exact) mass is 1320 g/mol. The molecule has 19 nitrogen and oxygen atoms in total. The maximum absolute atomic E-state index is 12.5.